The number of anilines is 1. The van der Waals surface area contributed by atoms with E-state index in [2.05, 4.69) is 69.0 Å². The summed E-state index contributed by atoms with van der Waals surface area (Å²) in [6.45, 7) is 18.4. The minimum Gasteiger partial charge on any atom is -0.414 e. The lowest BCUT2D eigenvalue weighted by atomic mass is 10.0. The molecule has 4 rings (SSSR count). The molecular formula is C30H38BrCl2N3O2Si. The molecule has 2 unspecified atom stereocenters. The molecule has 3 aromatic rings. The Bertz CT molecular complexity index is 1340. The number of amides is 1. The van der Waals surface area contributed by atoms with E-state index in [4.69, 9.17) is 32.6 Å². The van der Waals surface area contributed by atoms with Gasteiger partial charge >= 0.3 is 0 Å². The highest BCUT2D eigenvalue weighted by Gasteiger charge is 2.47. The van der Waals surface area contributed by atoms with Crippen molar-refractivity contribution < 1.29 is 9.22 Å². The molecule has 210 valence electrons. The van der Waals surface area contributed by atoms with Crippen LogP contribution in [0.5, 0.6) is 0 Å². The molecule has 0 radical (unpaired) electrons. The van der Waals surface area contributed by atoms with Gasteiger partial charge < -0.3 is 8.99 Å². The molecule has 2 heterocycles. The molecule has 0 saturated carbocycles. The first-order valence-electron chi connectivity index (χ1n) is 13.6. The second-order valence-corrected chi connectivity index (χ2v) is 18.6. The molecule has 1 aromatic heterocycles. The Kier molecular flexibility index (Phi) is 9.09. The number of imidazole rings is 1. The summed E-state index contributed by atoms with van der Waals surface area (Å²) in [6.07, 6.45) is 0. The van der Waals surface area contributed by atoms with E-state index in [1.165, 1.54) is 0 Å². The van der Waals surface area contributed by atoms with Crippen LogP contribution in [0.4, 0.5) is 5.69 Å². The van der Waals surface area contributed by atoms with Crippen LogP contribution in [0.2, 0.25) is 26.7 Å². The van der Waals surface area contributed by atoms with Gasteiger partial charge in [0.05, 0.1) is 18.3 Å². The lowest BCUT2D eigenvalue weighted by Crippen LogP contribution is -2.48. The molecule has 1 aliphatic heterocycles. The number of carbonyl (C=O) groups excluding carboxylic acids is 1. The van der Waals surface area contributed by atoms with Crippen LogP contribution >= 0.6 is 39.1 Å². The summed E-state index contributed by atoms with van der Waals surface area (Å²) < 4.78 is 9.74. The fourth-order valence-electron chi connectivity index (χ4n) is 6.49. The number of benzene rings is 2. The van der Waals surface area contributed by atoms with Gasteiger partial charge in [-0.25, -0.2) is 4.98 Å². The van der Waals surface area contributed by atoms with E-state index in [-0.39, 0.29) is 11.9 Å². The number of hydrogen-bond acceptors (Lipinski definition) is 3. The van der Waals surface area contributed by atoms with Gasteiger partial charge in [-0.2, -0.15) is 0 Å². The summed E-state index contributed by atoms with van der Waals surface area (Å²) in [6, 6.07) is 12.8. The van der Waals surface area contributed by atoms with Crippen LogP contribution in [0.3, 0.4) is 0 Å². The van der Waals surface area contributed by atoms with Crippen LogP contribution in [0.15, 0.2) is 47.2 Å². The standard InChI is InChI=1S/C30H38BrCl2N3O2Si/c1-17(2)39(18(3)4,19(5)6)38-16-21(8)35-28-26(34-30(35)31)29(37)36(25-15-24(33)12-9-20(25)7)27(28)22-10-13-23(32)14-11-22/h9-15,17-19,21,27H,16H2,1-8H3. The highest BCUT2D eigenvalue weighted by molar-refractivity contribution is 9.10. The van der Waals surface area contributed by atoms with Gasteiger partial charge in [0.1, 0.15) is 6.04 Å². The zero-order valence-electron chi connectivity index (χ0n) is 23.9. The molecule has 2 aromatic carbocycles. The number of halogens is 3. The fourth-order valence-corrected chi connectivity index (χ4v) is 13.0. The molecule has 0 spiro atoms. The zero-order chi connectivity index (χ0) is 28.8. The van der Waals surface area contributed by atoms with Gasteiger partial charge in [-0.1, -0.05) is 82.9 Å². The van der Waals surface area contributed by atoms with E-state index in [1.807, 2.05) is 54.3 Å². The van der Waals surface area contributed by atoms with Crippen LogP contribution in [0.1, 0.15) is 87.9 Å². The first-order valence-corrected chi connectivity index (χ1v) is 17.3. The average molecular weight is 652 g/mol. The van der Waals surface area contributed by atoms with Crippen molar-refractivity contribution in [2.75, 3.05) is 11.5 Å². The summed E-state index contributed by atoms with van der Waals surface area (Å²) >= 11 is 16.4. The molecule has 5 nitrogen and oxygen atoms in total. The second kappa shape index (κ2) is 11.7. The number of rotatable bonds is 9. The number of hydrogen-bond donors (Lipinski definition) is 0. The monoisotopic (exact) mass is 649 g/mol. The fraction of sp³-hybridized carbons (Fsp3) is 0.467. The minimum atomic E-state index is -2.08. The number of nitrogens with zero attached hydrogens (tertiary/aromatic N) is 3. The maximum atomic E-state index is 14.0. The normalized spacial score (nSPS) is 16.6. The largest absolute Gasteiger partial charge is 0.414 e. The van der Waals surface area contributed by atoms with Gasteiger partial charge in [-0.05, 0) is 81.8 Å². The summed E-state index contributed by atoms with van der Waals surface area (Å²) in [5.74, 6) is -0.154. The highest BCUT2D eigenvalue weighted by atomic mass is 79.9. The number of aryl methyl sites for hydroxylation is 1. The molecule has 0 aliphatic carbocycles. The van der Waals surface area contributed by atoms with Crippen molar-refractivity contribution in [3.8, 4) is 0 Å². The Balaban J connectivity index is 1.83. The van der Waals surface area contributed by atoms with Crippen LogP contribution in [-0.2, 0) is 4.43 Å². The van der Waals surface area contributed by atoms with Gasteiger partial charge in [0, 0.05) is 15.7 Å². The van der Waals surface area contributed by atoms with E-state index in [1.54, 1.807) is 0 Å². The quantitative estimate of drug-likeness (QED) is 0.217. The lowest BCUT2D eigenvalue weighted by Gasteiger charge is -2.43. The van der Waals surface area contributed by atoms with Gasteiger partial charge in [0.2, 0.25) is 0 Å². The van der Waals surface area contributed by atoms with Crippen molar-refractivity contribution in [3.05, 3.63) is 79.8 Å². The summed E-state index contributed by atoms with van der Waals surface area (Å²) in [7, 11) is -2.08. The lowest BCUT2D eigenvalue weighted by molar-refractivity contribution is 0.0989. The van der Waals surface area contributed by atoms with Gasteiger partial charge in [0.25, 0.3) is 5.91 Å². The van der Waals surface area contributed by atoms with Crippen molar-refractivity contribution in [1.82, 2.24) is 9.55 Å². The molecule has 9 heteroatoms. The Morgan fingerprint density at radius 2 is 1.51 bits per heavy atom. The maximum Gasteiger partial charge on any atom is 0.279 e. The molecule has 0 N–H and O–H groups in total. The Morgan fingerprint density at radius 3 is 2.08 bits per heavy atom. The highest BCUT2D eigenvalue weighted by Crippen LogP contribution is 2.46. The van der Waals surface area contributed by atoms with Gasteiger partial charge in [0.15, 0.2) is 18.7 Å². The molecule has 0 fully saturated rings. The molecule has 0 bridgehead atoms. The minimum absolute atomic E-state index is 0.0539. The van der Waals surface area contributed by atoms with E-state index >= 15 is 0 Å². The summed E-state index contributed by atoms with van der Waals surface area (Å²) in [5, 5.41) is 1.22. The Hall–Kier alpha value is -1.64. The van der Waals surface area contributed by atoms with Crippen molar-refractivity contribution in [3.63, 3.8) is 0 Å². The van der Waals surface area contributed by atoms with E-state index in [9.17, 15) is 4.79 Å². The third-order valence-electron chi connectivity index (χ3n) is 8.18. The van der Waals surface area contributed by atoms with Crippen LogP contribution in [0, 0.1) is 6.92 Å². The number of carbonyl (C=O) groups is 1. The van der Waals surface area contributed by atoms with Crippen molar-refractivity contribution in [2.45, 2.75) is 84.1 Å². The first kappa shape index (κ1) is 30.3. The Labute approximate surface area is 252 Å². The Morgan fingerprint density at radius 1 is 0.949 bits per heavy atom. The smallest absolute Gasteiger partial charge is 0.279 e. The number of fused-ring (bicyclic) bond motifs is 1. The average Bonchev–Trinajstić information content (AvgIpc) is 3.33. The summed E-state index contributed by atoms with van der Waals surface area (Å²) in [4.78, 5) is 20.6. The molecule has 39 heavy (non-hydrogen) atoms. The van der Waals surface area contributed by atoms with Crippen molar-refractivity contribution in [1.29, 1.82) is 0 Å². The first-order chi connectivity index (χ1) is 18.3. The van der Waals surface area contributed by atoms with Gasteiger partial charge in [-0.15, -0.1) is 0 Å². The van der Waals surface area contributed by atoms with E-state index < -0.39 is 14.4 Å². The molecule has 0 saturated heterocycles. The molecule has 1 aliphatic rings. The molecular weight excluding hydrogens is 613 g/mol. The SMILES string of the molecule is Cc1ccc(Cl)cc1N1C(=O)c2nc(Br)n(C(C)CO[Si](C(C)C)(C(C)C)C(C)C)c2C1c1ccc(Cl)cc1. The third kappa shape index (κ3) is 5.37. The van der Waals surface area contributed by atoms with Crippen molar-refractivity contribution >= 4 is 59.0 Å². The second-order valence-electron chi connectivity index (χ2n) is 11.5. The van der Waals surface area contributed by atoms with Gasteiger partial charge in [-0.3, -0.25) is 9.69 Å². The predicted octanol–water partition coefficient (Wildman–Crippen LogP) is 9.76. The van der Waals surface area contributed by atoms with Crippen molar-refractivity contribution in [2.24, 2.45) is 0 Å². The topological polar surface area (TPSA) is 47.4 Å². The third-order valence-corrected chi connectivity index (χ3v) is 15.3. The van der Waals surface area contributed by atoms with Crippen LogP contribution in [0.25, 0.3) is 0 Å². The predicted molar refractivity (Wildman–Crippen MR) is 168 cm³/mol. The van der Waals surface area contributed by atoms with Crippen LogP contribution < -0.4 is 4.90 Å². The van der Waals surface area contributed by atoms with Crippen LogP contribution in [-0.4, -0.2) is 30.4 Å². The zero-order valence-corrected chi connectivity index (χ0v) is 28.0. The molecule has 1 amide bonds. The van der Waals surface area contributed by atoms with E-state index in [0.29, 0.717) is 43.7 Å². The number of aromatic nitrogens is 2. The maximum absolute atomic E-state index is 14.0. The van der Waals surface area contributed by atoms with E-state index in [0.717, 1.165) is 22.5 Å². The summed E-state index contributed by atoms with van der Waals surface area (Å²) in [5.41, 5.74) is 5.39. The molecule has 2 atom stereocenters.